The van der Waals surface area contributed by atoms with Crippen LogP contribution in [0.3, 0.4) is 0 Å². The van der Waals surface area contributed by atoms with Gasteiger partial charge in [0.25, 0.3) is 0 Å². The molecule has 0 spiro atoms. The maximum Gasteiger partial charge on any atom is 0.0483 e. The Kier molecular flexibility index (Phi) is 94.4. The quantitative estimate of drug-likeness (QED) is 0.425. The third-order valence-electron chi connectivity index (χ3n) is 0. The molecule has 0 fully saturated rings. The van der Waals surface area contributed by atoms with Crippen molar-refractivity contribution in [3.8, 4) is 0 Å². The van der Waals surface area contributed by atoms with Gasteiger partial charge in [0.2, 0.25) is 0 Å². The van der Waals surface area contributed by atoms with E-state index < -0.39 is 0 Å². The minimum atomic E-state index is -0.167. The Labute approximate surface area is 92.9 Å². The van der Waals surface area contributed by atoms with E-state index in [9.17, 15) is 0 Å². The molecule has 0 heterocycles. The molecule has 0 rings (SSSR count). The third-order valence-corrected chi connectivity index (χ3v) is 0. The van der Waals surface area contributed by atoms with Crippen LogP contribution in [0.15, 0.2) is 0 Å². The number of hydrogen-bond acceptors (Lipinski definition) is 2. The Morgan fingerprint density at radius 3 is 0.750 bits per heavy atom. The second-order valence-corrected chi connectivity index (χ2v) is 2.19. The fourth-order valence-electron chi connectivity index (χ4n) is 0. The summed E-state index contributed by atoms with van der Waals surface area (Å²) in [6.07, 6.45) is -0.333. The molecule has 0 radical (unpaired) electrons. The van der Waals surface area contributed by atoms with E-state index in [1.807, 2.05) is 0 Å². The van der Waals surface area contributed by atoms with E-state index in [1.54, 1.807) is 27.7 Å². The van der Waals surface area contributed by atoms with Crippen LogP contribution in [-0.4, -0.2) is 33.4 Å². The van der Waals surface area contributed by atoms with Crippen molar-refractivity contribution in [2.75, 3.05) is 0 Å². The van der Waals surface area contributed by atoms with Gasteiger partial charge in [0.05, 0.1) is 0 Å². The van der Waals surface area contributed by atoms with Crippen LogP contribution in [0.4, 0.5) is 0 Å². The standard InChI is InChI=1S/2C3H8O.2H2O.H3P.Ti/c2*1-3(2)4;;;;/h2*3-4H,1-2H3;2*1H2;1H3;. The van der Waals surface area contributed by atoms with Gasteiger partial charge >= 0.3 is 0 Å². The third kappa shape index (κ3) is 1130. The van der Waals surface area contributed by atoms with E-state index in [4.69, 9.17) is 10.2 Å². The molecule has 1 atom stereocenters. The van der Waals surface area contributed by atoms with Gasteiger partial charge in [0.1, 0.15) is 0 Å². The van der Waals surface area contributed by atoms with E-state index >= 15 is 0 Å². The fraction of sp³-hybridized carbons (Fsp3) is 1.00. The largest absolute Gasteiger partial charge is 0.412 e. The molecule has 1 unspecified atom stereocenters. The van der Waals surface area contributed by atoms with Gasteiger partial charge in [-0.1, -0.05) is 0 Å². The van der Waals surface area contributed by atoms with Gasteiger partial charge in [-0.05, 0) is 27.7 Å². The molecule has 0 aromatic carbocycles. The summed E-state index contributed by atoms with van der Waals surface area (Å²) in [6.45, 7) is 6.89. The molecule has 0 aromatic rings. The maximum absolute atomic E-state index is 8.06. The van der Waals surface area contributed by atoms with Crippen molar-refractivity contribution in [1.29, 1.82) is 0 Å². The molecule has 80 valence electrons. The van der Waals surface area contributed by atoms with Crippen molar-refractivity contribution in [3.63, 3.8) is 0 Å². The van der Waals surface area contributed by atoms with Gasteiger partial charge in [0.15, 0.2) is 0 Å². The monoisotopic (exact) mass is 238 g/mol. The SMILES string of the molecule is CC(C)O.CC(C)O.O.O.P.[Ti]. The molecule has 0 aromatic heterocycles. The summed E-state index contributed by atoms with van der Waals surface area (Å²) >= 11 is 0. The van der Waals surface area contributed by atoms with Gasteiger partial charge in [-0.25, -0.2) is 0 Å². The average molecular weight is 238 g/mol. The predicted molar refractivity (Wildman–Crippen MR) is 53.0 cm³/mol. The van der Waals surface area contributed by atoms with Gasteiger partial charge in [0, 0.05) is 33.9 Å². The molecule has 0 saturated heterocycles. The van der Waals surface area contributed by atoms with Gasteiger partial charge in [-0.15, -0.1) is 0 Å². The van der Waals surface area contributed by atoms with Gasteiger partial charge in [-0.2, -0.15) is 9.90 Å². The van der Waals surface area contributed by atoms with Crippen molar-refractivity contribution < 1.29 is 42.9 Å². The average Bonchev–Trinajstić information content (AvgIpc) is 1.25. The molecule has 0 aliphatic carbocycles. The number of rotatable bonds is 0. The first-order chi connectivity index (χ1) is 3.46. The zero-order valence-electron chi connectivity index (χ0n) is 8.26. The second kappa shape index (κ2) is 29.6. The minimum Gasteiger partial charge on any atom is -0.412 e. The summed E-state index contributed by atoms with van der Waals surface area (Å²) in [4.78, 5) is 0. The number of aliphatic hydroxyl groups excluding tert-OH is 2. The van der Waals surface area contributed by atoms with Crippen LogP contribution >= 0.6 is 9.90 Å². The van der Waals surface area contributed by atoms with Crippen molar-refractivity contribution in [2.24, 2.45) is 0 Å². The summed E-state index contributed by atoms with van der Waals surface area (Å²) in [5.74, 6) is 0. The Bertz CT molecular complexity index is 35.0. The van der Waals surface area contributed by atoms with Crippen molar-refractivity contribution >= 4 is 9.90 Å². The topological polar surface area (TPSA) is 103 Å². The van der Waals surface area contributed by atoms with E-state index in [0.29, 0.717) is 0 Å². The Balaban J connectivity index is -0.0000000112. The molecule has 6 N–H and O–H groups in total. The Morgan fingerprint density at radius 1 is 0.750 bits per heavy atom. The van der Waals surface area contributed by atoms with E-state index in [0.717, 1.165) is 0 Å². The normalized spacial score (nSPS) is 6.00. The minimum absolute atomic E-state index is 0. The summed E-state index contributed by atoms with van der Waals surface area (Å²) in [7, 11) is 0. The van der Waals surface area contributed by atoms with E-state index in [1.165, 1.54) is 0 Å². The molecular formula is C6H23O4PTi. The van der Waals surface area contributed by atoms with Crippen molar-refractivity contribution in [3.05, 3.63) is 0 Å². The second-order valence-electron chi connectivity index (χ2n) is 2.19. The summed E-state index contributed by atoms with van der Waals surface area (Å²) in [5, 5.41) is 16.1. The zero-order valence-corrected chi connectivity index (χ0v) is 11.2. The summed E-state index contributed by atoms with van der Waals surface area (Å²) < 4.78 is 0. The molecule has 12 heavy (non-hydrogen) atoms. The van der Waals surface area contributed by atoms with Gasteiger partial charge in [-0.3, -0.25) is 0 Å². The molecule has 4 nitrogen and oxygen atoms in total. The van der Waals surface area contributed by atoms with Crippen LogP contribution in [-0.2, 0) is 21.7 Å². The predicted octanol–water partition coefficient (Wildman–Crippen LogP) is -0.820. The van der Waals surface area contributed by atoms with Crippen LogP contribution in [0.2, 0.25) is 0 Å². The summed E-state index contributed by atoms with van der Waals surface area (Å²) in [6, 6.07) is 0. The molecule has 0 saturated carbocycles. The molecule has 0 aliphatic rings. The van der Waals surface area contributed by atoms with Crippen LogP contribution in [0.1, 0.15) is 27.7 Å². The van der Waals surface area contributed by atoms with E-state index in [-0.39, 0.29) is 54.8 Å². The zero-order chi connectivity index (χ0) is 7.15. The summed E-state index contributed by atoms with van der Waals surface area (Å²) in [5.41, 5.74) is 0. The van der Waals surface area contributed by atoms with Crippen LogP contribution < -0.4 is 0 Å². The molecular weight excluding hydrogens is 215 g/mol. The van der Waals surface area contributed by atoms with Crippen LogP contribution in [0, 0.1) is 0 Å². The first-order valence-corrected chi connectivity index (χ1v) is 2.83. The Morgan fingerprint density at radius 2 is 0.750 bits per heavy atom. The number of aliphatic hydroxyl groups is 2. The maximum atomic E-state index is 8.06. The first kappa shape index (κ1) is 38.2. The van der Waals surface area contributed by atoms with Crippen LogP contribution in [0.25, 0.3) is 0 Å². The fourth-order valence-corrected chi connectivity index (χ4v) is 0. The smallest absolute Gasteiger partial charge is 0.0483 e. The number of hydrogen-bond donors (Lipinski definition) is 2. The molecule has 0 bridgehead atoms. The van der Waals surface area contributed by atoms with Crippen molar-refractivity contribution in [1.82, 2.24) is 0 Å². The van der Waals surface area contributed by atoms with Gasteiger partial charge < -0.3 is 21.2 Å². The molecule has 0 amide bonds. The van der Waals surface area contributed by atoms with Crippen LogP contribution in [0.5, 0.6) is 0 Å². The Hall–Kier alpha value is 0.984. The van der Waals surface area contributed by atoms with E-state index in [2.05, 4.69) is 0 Å². The molecule has 0 aliphatic heterocycles. The molecule has 6 heteroatoms. The first-order valence-electron chi connectivity index (χ1n) is 2.83. The van der Waals surface area contributed by atoms with Crippen molar-refractivity contribution in [2.45, 2.75) is 39.9 Å².